The molecule has 4 rings (SSSR count). The molecule has 2 aromatic carbocycles. The molecule has 1 N–H and O–H groups in total. The molecule has 0 aliphatic carbocycles. The summed E-state index contributed by atoms with van der Waals surface area (Å²) >= 11 is 1.57. The van der Waals surface area contributed by atoms with Crippen molar-refractivity contribution >= 4 is 28.7 Å². The van der Waals surface area contributed by atoms with Crippen molar-refractivity contribution in [2.45, 2.75) is 17.5 Å². The van der Waals surface area contributed by atoms with Gasteiger partial charge in [-0.3, -0.25) is 4.79 Å². The quantitative estimate of drug-likeness (QED) is 0.488. The Kier molecular flexibility index (Phi) is 5.16. The second-order valence-corrected chi connectivity index (χ2v) is 7.28. The molecule has 4 aromatic rings. The van der Waals surface area contributed by atoms with E-state index in [4.69, 9.17) is 4.42 Å². The van der Waals surface area contributed by atoms with Crippen LogP contribution in [0.1, 0.15) is 21.7 Å². The fourth-order valence-corrected chi connectivity index (χ4v) is 3.79. The van der Waals surface area contributed by atoms with Crippen molar-refractivity contribution in [2.75, 3.05) is 0 Å². The number of imidazole rings is 1. The van der Waals surface area contributed by atoms with E-state index in [0.29, 0.717) is 23.6 Å². The van der Waals surface area contributed by atoms with Gasteiger partial charge in [-0.1, -0.05) is 23.9 Å². The van der Waals surface area contributed by atoms with Gasteiger partial charge < -0.3 is 14.3 Å². The minimum absolute atomic E-state index is 0.167. The molecule has 0 spiro atoms. The number of benzene rings is 2. The van der Waals surface area contributed by atoms with Crippen molar-refractivity contribution in [2.24, 2.45) is 7.05 Å². The standard InChI is InChI=1S/C21H18FN3O2S/c1-25-19-11-15(20(26)23-12-17-3-2-10-27-17)6-9-18(19)24-21(25)28-13-14-4-7-16(22)8-5-14/h2-11H,12-13H2,1H3,(H,23,26). The second kappa shape index (κ2) is 7.90. The molecule has 0 atom stereocenters. The van der Waals surface area contributed by atoms with Crippen molar-refractivity contribution in [1.82, 2.24) is 14.9 Å². The average molecular weight is 395 g/mol. The molecule has 0 bridgehead atoms. The van der Waals surface area contributed by atoms with Gasteiger partial charge in [-0.15, -0.1) is 0 Å². The van der Waals surface area contributed by atoms with Crippen LogP contribution in [0.3, 0.4) is 0 Å². The molecule has 28 heavy (non-hydrogen) atoms. The number of carbonyl (C=O) groups excluding carboxylic acids is 1. The van der Waals surface area contributed by atoms with Crippen LogP contribution >= 0.6 is 11.8 Å². The number of thioether (sulfide) groups is 1. The molecule has 5 nitrogen and oxygen atoms in total. The van der Waals surface area contributed by atoms with Crippen LogP contribution in [0, 0.1) is 5.82 Å². The number of carbonyl (C=O) groups is 1. The minimum atomic E-state index is -0.241. The molecule has 2 aromatic heterocycles. The Labute approximate surface area is 165 Å². The largest absolute Gasteiger partial charge is 0.467 e. The Morgan fingerprint density at radius 2 is 2.04 bits per heavy atom. The summed E-state index contributed by atoms with van der Waals surface area (Å²) in [5.74, 6) is 0.984. The molecule has 0 aliphatic heterocycles. The summed E-state index contributed by atoms with van der Waals surface area (Å²) in [4.78, 5) is 17.1. The number of fused-ring (bicyclic) bond motifs is 1. The monoisotopic (exact) mass is 395 g/mol. The zero-order valence-corrected chi connectivity index (χ0v) is 16.0. The first-order valence-corrected chi connectivity index (χ1v) is 9.73. The minimum Gasteiger partial charge on any atom is -0.467 e. The Hall–Kier alpha value is -3.06. The van der Waals surface area contributed by atoms with E-state index >= 15 is 0 Å². The van der Waals surface area contributed by atoms with Gasteiger partial charge in [-0.05, 0) is 48.0 Å². The number of aromatic nitrogens is 2. The van der Waals surface area contributed by atoms with Crippen molar-refractivity contribution in [3.8, 4) is 0 Å². The molecule has 0 aliphatic rings. The van der Waals surface area contributed by atoms with Crippen LogP contribution in [0.2, 0.25) is 0 Å². The van der Waals surface area contributed by atoms with Gasteiger partial charge in [0.15, 0.2) is 5.16 Å². The number of aryl methyl sites for hydroxylation is 1. The van der Waals surface area contributed by atoms with Crippen LogP contribution in [0.4, 0.5) is 4.39 Å². The van der Waals surface area contributed by atoms with E-state index in [2.05, 4.69) is 10.3 Å². The Bertz CT molecular complexity index is 1100. The maximum atomic E-state index is 13.0. The summed E-state index contributed by atoms with van der Waals surface area (Å²) in [6, 6.07) is 15.5. The topological polar surface area (TPSA) is 60.1 Å². The number of halogens is 1. The highest BCUT2D eigenvalue weighted by Crippen LogP contribution is 2.26. The maximum absolute atomic E-state index is 13.0. The van der Waals surface area contributed by atoms with Crippen LogP contribution in [-0.2, 0) is 19.3 Å². The fraction of sp³-hybridized carbons (Fsp3) is 0.143. The summed E-state index contributed by atoms with van der Waals surface area (Å²) in [5.41, 5.74) is 3.30. The molecule has 0 saturated carbocycles. The molecular weight excluding hydrogens is 377 g/mol. The first-order valence-electron chi connectivity index (χ1n) is 8.74. The molecule has 2 heterocycles. The van der Waals surface area contributed by atoms with Gasteiger partial charge in [0.1, 0.15) is 11.6 Å². The van der Waals surface area contributed by atoms with Gasteiger partial charge in [0.05, 0.1) is 23.8 Å². The Morgan fingerprint density at radius 1 is 1.21 bits per heavy atom. The summed E-state index contributed by atoms with van der Waals surface area (Å²) < 4.78 is 20.2. The highest BCUT2D eigenvalue weighted by Gasteiger charge is 2.13. The van der Waals surface area contributed by atoms with E-state index in [1.165, 1.54) is 12.1 Å². The van der Waals surface area contributed by atoms with Crippen LogP contribution in [-0.4, -0.2) is 15.5 Å². The lowest BCUT2D eigenvalue weighted by Gasteiger charge is -2.05. The number of rotatable bonds is 6. The number of amides is 1. The molecule has 142 valence electrons. The lowest BCUT2D eigenvalue weighted by atomic mass is 10.2. The molecule has 0 radical (unpaired) electrons. The summed E-state index contributed by atoms with van der Waals surface area (Å²) in [6.07, 6.45) is 1.58. The van der Waals surface area contributed by atoms with E-state index in [9.17, 15) is 9.18 Å². The summed E-state index contributed by atoms with van der Waals surface area (Å²) in [6.45, 7) is 0.341. The third-order valence-corrected chi connectivity index (χ3v) is 5.49. The van der Waals surface area contributed by atoms with Gasteiger partial charge in [0.25, 0.3) is 5.91 Å². The molecule has 0 unspecified atom stereocenters. The Morgan fingerprint density at radius 3 is 2.79 bits per heavy atom. The predicted molar refractivity (Wildman–Crippen MR) is 107 cm³/mol. The van der Waals surface area contributed by atoms with E-state index < -0.39 is 0 Å². The van der Waals surface area contributed by atoms with Crippen molar-refractivity contribution in [1.29, 1.82) is 0 Å². The lowest BCUT2D eigenvalue weighted by Crippen LogP contribution is -2.22. The predicted octanol–water partition coefficient (Wildman–Crippen LogP) is 4.53. The highest BCUT2D eigenvalue weighted by molar-refractivity contribution is 7.98. The van der Waals surface area contributed by atoms with Gasteiger partial charge in [-0.25, -0.2) is 9.37 Å². The summed E-state index contributed by atoms with van der Waals surface area (Å²) in [7, 11) is 1.92. The van der Waals surface area contributed by atoms with Gasteiger partial charge >= 0.3 is 0 Å². The number of nitrogens with one attached hydrogen (secondary N) is 1. The molecule has 7 heteroatoms. The van der Waals surface area contributed by atoms with Crippen LogP contribution in [0.15, 0.2) is 70.4 Å². The summed E-state index contributed by atoms with van der Waals surface area (Å²) in [5, 5.41) is 3.69. The number of hydrogen-bond acceptors (Lipinski definition) is 4. The Balaban J connectivity index is 1.48. The van der Waals surface area contributed by atoms with E-state index in [1.807, 2.05) is 29.8 Å². The smallest absolute Gasteiger partial charge is 0.251 e. The third kappa shape index (κ3) is 3.94. The first kappa shape index (κ1) is 18.3. The molecule has 1 amide bonds. The van der Waals surface area contributed by atoms with Crippen LogP contribution in [0.5, 0.6) is 0 Å². The van der Waals surface area contributed by atoms with E-state index in [0.717, 1.165) is 21.8 Å². The molecular formula is C21H18FN3O2S. The van der Waals surface area contributed by atoms with Gasteiger partial charge in [0, 0.05) is 18.4 Å². The van der Waals surface area contributed by atoms with Gasteiger partial charge in [-0.2, -0.15) is 0 Å². The maximum Gasteiger partial charge on any atom is 0.251 e. The number of furan rings is 1. The van der Waals surface area contributed by atoms with Gasteiger partial charge in [0.2, 0.25) is 0 Å². The zero-order chi connectivity index (χ0) is 19.5. The van der Waals surface area contributed by atoms with Crippen LogP contribution < -0.4 is 5.32 Å². The SMILES string of the molecule is Cn1c(SCc2ccc(F)cc2)nc2ccc(C(=O)NCc3ccco3)cc21. The van der Waals surface area contributed by atoms with Crippen molar-refractivity contribution in [3.63, 3.8) is 0 Å². The lowest BCUT2D eigenvalue weighted by molar-refractivity contribution is 0.0948. The first-order chi connectivity index (χ1) is 13.6. The fourth-order valence-electron chi connectivity index (χ4n) is 2.85. The van der Waals surface area contributed by atoms with Crippen LogP contribution in [0.25, 0.3) is 11.0 Å². The molecule has 0 fully saturated rings. The zero-order valence-electron chi connectivity index (χ0n) is 15.2. The average Bonchev–Trinajstić information content (AvgIpc) is 3.34. The normalized spacial score (nSPS) is 11.1. The highest BCUT2D eigenvalue weighted by atomic mass is 32.2. The van der Waals surface area contributed by atoms with E-state index in [1.54, 1.807) is 42.3 Å². The van der Waals surface area contributed by atoms with Crippen molar-refractivity contribution < 1.29 is 13.6 Å². The number of hydrogen-bond donors (Lipinski definition) is 1. The van der Waals surface area contributed by atoms with Crippen molar-refractivity contribution in [3.05, 3.63) is 83.6 Å². The second-order valence-electron chi connectivity index (χ2n) is 6.33. The third-order valence-electron chi connectivity index (χ3n) is 4.39. The van der Waals surface area contributed by atoms with E-state index in [-0.39, 0.29) is 11.7 Å². The molecule has 0 saturated heterocycles. The number of nitrogens with zero attached hydrogens (tertiary/aromatic N) is 2.